The molecule has 2 heterocycles. The number of urea groups is 1. The van der Waals surface area contributed by atoms with Gasteiger partial charge >= 0.3 is 18.0 Å². The van der Waals surface area contributed by atoms with Crippen molar-refractivity contribution in [3.05, 3.63) is 66.4 Å². The number of rotatable bonds is 6. The minimum atomic E-state index is -0.720. The lowest BCUT2D eigenvalue weighted by Gasteiger charge is -2.29. The molecule has 0 radical (unpaired) electrons. The highest BCUT2D eigenvalue weighted by atomic mass is 79.9. The Kier molecular flexibility index (Phi) is 7.09. The molecule has 0 bridgehead atoms. The van der Waals surface area contributed by atoms with Crippen LogP contribution in [-0.4, -0.2) is 31.2 Å². The molecule has 29 heavy (non-hydrogen) atoms. The van der Waals surface area contributed by atoms with Gasteiger partial charge in [0.1, 0.15) is 11.5 Å². The summed E-state index contributed by atoms with van der Waals surface area (Å²) >= 11 is 7.86. The first-order valence-corrected chi connectivity index (χ1v) is 11.0. The summed E-state index contributed by atoms with van der Waals surface area (Å²) in [5.41, 5.74) is 1.09. The van der Waals surface area contributed by atoms with Gasteiger partial charge in [-0.1, -0.05) is 30.3 Å². The maximum Gasteiger partial charge on any atom is 0.348 e. The molecular weight excluding hydrogens is 528 g/mol. The van der Waals surface area contributed by atoms with Crippen LogP contribution in [0, 0.1) is 0 Å². The zero-order chi connectivity index (χ0) is 21.0. The fraction of sp³-hybridized carbons (Fsp3) is 0.211. The van der Waals surface area contributed by atoms with Gasteiger partial charge in [-0.2, -0.15) is 0 Å². The van der Waals surface area contributed by atoms with E-state index in [2.05, 4.69) is 42.5 Å². The number of hydrogen-bond acceptors (Lipinski definition) is 6. The van der Waals surface area contributed by atoms with Crippen molar-refractivity contribution in [2.24, 2.45) is 0 Å². The summed E-state index contributed by atoms with van der Waals surface area (Å²) in [4.78, 5) is 37.6. The summed E-state index contributed by atoms with van der Waals surface area (Å²) in [7, 11) is 0. The summed E-state index contributed by atoms with van der Waals surface area (Å²) in [6.07, 6.45) is 0. The van der Waals surface area contributed by atoms with E-state index in [0.717, 1.165) is 8.26 Å². The highest BCUT2D eigenvalue weighted by Gasteiger charge is 2.34. The molecule has 3 rings (SSSR count). The molecule has 0 aliphatic carbocycles. The summed E-state index contributed by atoms with van der Waals surface area (Å²) in [6.45, 7) is 1.58. The van der Waals surface area contributed by atoms with E-state index in [4.69, 9.17) is 9.47 Å². The minimum absolute atomic E-state index is 0.169. The number of halogens is 2. The van der Waals surface area contributed by atoms with E-state index in [-0.39, 0.29) is 24.5 Å². The number of ether oxygens (including phenoxy) is 2. The lowest BCUT2D eigenvalue weighted by Crippen LogP contribution is -2.47. The van der Waals surface area contributed by atoms with E-state index >= 15 is 0 Å². The molecule has 0 unspecified atom stereocenters. The Bertz CT molecular complexity index is 955. The molecule has 1 aliphatic rings. The number of carbonyl (C=O) groups excluding carboxylic acids is 3. The Morgan fingerprint density at radius 1 is 1.14 bits per heavy atom. The lowest BCUT2D eigenvalue weighted by atomic mass is 9.95. The summed E-state index contributed by atoms with van der Waals surface area (Å²) < 4.78 is 12.0. The van der Waals surface area contributed by atoms with E-state index in [0.29, 0.717) is 10.4 Å². The summed E-state index contributed by atoms with van der Waals surface area (Å²) in [5.74, 6) is -1.16. The third-order valence-corrected chi connectivity index (χ3v) is 7.21. The molecule has 0 spiro atoms. The maximum absolute atomic E-state index is 12.6. The topological polar surface area (TPSA) is 93.7 Å². The molecular formula is C19H16Br2N2O5S. The minimum Gasteiger partial charge on any atom is -0.463 e. The first-order valence-electron chi connectivity index (χ1n) is 8.55. The highest BCUT2D eigenvalue weighted by molar-refractivity contribution is 9.13. The number of carbonyl (C=O) groups is 3. The number of esters is 2. The molecule has 0 saturated heterocycles. The van der Waals surface area contributed by atoms with Crippen molar-refractivity contribution < 1.29 is 23.9 Å². The van der Waals surface area contributed by atoms with Gasteiger partial charge in [-0.15, -0.1) is 11.3 Å². The van der Waals surface area contributed by atoms with Gasteiger partial charge in [0.25, 0.3) is 0 Å². The maximum atomic E-state index is 12.6. The van der Waals surface area contributed by atoms with Crippen LogP contribution in [-0.2, 0) is 14.3 Å². The third-order valence-electron chi connectivity index (χ3n) is 3.98. The van der Waals surface area contributed by atoms with E-state index in [1.54, 1.807) is 37.3 Å². The van der Waals surface area contributed by atoms with Crippen molar-refractivity contribution in [3.8, 4) is 0 Å². The fourth-order valence-electron chi connectivity index (χ4n) is 2.73. The van der Waals surface area contributed by atoms with E-state index in [1.165, 1.54) is 11.3 Å². The van der Waals surface area contributed by atoms with Gasteiger partial charge in [0.15, 0.2) is 0 Å². The van der Waals surface area contributed by atoms with Crippen LogP contribution in [0.2, 0.25) is 0 Å². The van der Waals surface area contributed by atoms with Gasteiger partial charge in [-0.3, -0.25) is 0 Å². The summed E-state index contributed by atoms with van der Waals surface area (Å²) in [5, 5.41) is 5.29. The Labute approximate surface area is 187 Å². The van der Waals surface area contributed by atoms with Gasteiger partial charge in [0.05, 0.1) is 27.7 Å². The number of thiophene rings is 1. The Morgan fingerprint density at radius 2 is 1.86 bits per heavy atom. The Hall–Kier alpha value is -2.17. The van der Waals surface area contributed by atoms with Crippen LogP contribution in [0.4, 0.5) is 4.79 Å². The number of nitrogens with one attached hydrogen (secondary N) is 2. The first kappa shape index (κ1) is 21.5. The third kappa shape index (κ3) is 5.06. The Morgan fingerprint density at radius 3 is 2.48 bits per heavy atom. The molecule has 1 aromatic carbocycles. The fourth-order valence-corrected chi connectivity index (χ4v) is 4.66. The van der Waals surface area contributed by atoms with Crippen LogP contribution < -0.4 is 10.6 Å². The van der Waals surface area contributed by atoms with Crippen LogP contribution in [0.5, 0.6) is 0 Å². The SMILES string of the molecule is CCOC(=O)C1=C(COC(=O)c2cc(Br)c(Br)s2)NC(=O)N[C@@H]1c1ccccc1. The smallest absolute Gasteiger partial charge is 0.348 e. The van der Waals surface area contributed by atoms with Gasteiger partial charge in [-0.05, 0) is 50.4 Å². The number of hydrogen-bond donors (Lipinski definition) is 2. The van der Waals surface area contributed by atoms with Gasteiger partial charge in [0.2, 0.25) is 0 Å². The van der Waals surface area contributed by atoms with Gasteiger partial charge < -0.3 is 20.1 Å². The first-order chi connectivity index (χ1) is 13.9. The molecule has 2 aromatic rings. The number of amides is 2. The quantitative estimate of drug-likeness (QED) is 0.530. The molecule has 1 atom stereocenters. The van der Waals surface area contributed by atoms with Crippen LogP contribution in [0.25, 0.3) is 0 Å². The van der Waals surface area contributed by atoms with Crippen molar-refractivity contribution in [2.45, 2.75) is 13.0 Å². The van der Waals surface area contributed by atoms with Gasteiger partial charge in [-0.25, -0.2) is 14.4 Å². The predicted molar refractivity (Wildman–Crippen MR) is 115 cm³/mol. The van der Waals surface area contributed by atoms with E-state index in [1.807, 2.05) is 6.07 Å². The van der Waals surface area contributed by atoms with Crippen LogP contribution in [0.15, 0.2) is 55.9 Å². The van der Waals surface area contributed by atoms with Crippen molar-refractivity contribution in [3.63, 3.8) is 0 Å². The average molecular weight is 544 g/mol. The predicted octanol–water partition coefficient (Wildman–Crippen LogP) is 4.30. The zero-order valence-electron chi connectivity index (χ0n) is 15.2. The standard InChI is InChI=1S/C19H16Br2N2O5S/c1-2-27-18(25)14-12(9-28-17(24)13-8-11(20)16(21)29-13)22-19(26)23-15(14)10-6-4-3-5-7-10/h3-8,15H,2,9H2,1H3,(H2,22,23,26)/t15-/m1/s1. The van der Waals surface area contributed by atoms with E-state index in [9.17, 15) is 14.4 Å². The molecule has 10 heteroatoms. The van der Waals surface area contributed by atoms with Crippen LogP contribution >= 0.6 is 43.2 Å². The van der Waals surface area contributed by atoms with Crippen molar-refractivity contribution in [2.75, 3.05) is 13.2 Å². The average Bonchev–Trinajstić information content (AvgIpc) is 3.05. The largest absolute Gasteiger partial charge is 0.463 e. The van der Waals surface area contributed by atoms with Crippen LogP contribution in [0.1, 0.15) is 28.2 Å². The monoisotopic (exact) mass is 542 g/mol. The van der Waals surface area contributed by atoms with Crippen molar-refractivity contribution in [1.82, 2.24) is 10.6 Å². The normalized spacial score (nSPS) is 16.1. The van der Waals surface area contributed by atoms with Crippen LogP contribution in [0.3, 0.4) is 0 Å². The molecule has 2 amide bonds. The van der Waals surface area contributed by atoms with Gasteiger partial charge in [0, 0.05) is 4.47 Å². The second-order valence-corrected chi connectivity index (χ2v) is 9.09. The molecule has 0 fully saturated rings. The molecule has 1 aliphatic heterocycles. The van der Waals surface area contributed by atoms with Crippen molar-refractivity contribution in [1.29, 1.82) is 0 Å². The lowest BCUT2D eigenvalue weighted by molar-refractivity contribution is -0.139. The Balaban J connectivity index is 1.90. The zero-order valence-corrected chi connectivity index (χ0v) is 19.1. The molecule has 0 saturated carbocycles. The number of benzene rings is 1. The second-order valence-electron chi connectivity index (χ2n) is 5.86. The molecule has 2 N–H and O–H groups in total. The molecule has 152 valence electrons. The molecule has 1 aromatic heterocycles. The molecule has 7 nitrogen and oxygen atoms in total. The highest BCUT2D eigenvalue weighted by Crippen LogP contribution is 2.33. The van der Waals surface area contributed by atoms with Crippen molar-refractivity contribution >= 4 is 61.2 Å². The summed E-state index contributed by atoms with van der Waals surface area (Å²) in [6, 6.07) is 9.43. The van der Waals surface area contributed by atoms with E-state index < -0.39 is 24.0 Å². The second kappa shape index (κ2) is 9.55.